The molecule has 0 aliphatic carbocycles. The molecule has 0 aromatic carbocycles. The first-order valence-corrected chi connectivity index (χ1v) is 6.86. The van der Waals surface area contributed by atoms with Gasteiger partial charge < -0.3 is 5.32 Å². The molecule has 1 amide bonds. The number of hydrogen-bond acceptors (Lipinski definition) is 3. The van der Waals surface area contributed by atoms with Gasteiger partial charge in [0.25, 0.3) is 0 Å². The van der Waals surface area contributed by atoms with E-state index in [0.717, 1.165) is 0 Å². The van der Waals surface area contributed by atoms with Crippen molar-refractivity contribution in [2.45, 2.75) is 60.0 Å². The Bertz CT molecular complexity index is 351. The van der Waals surface area contributed by atoms with Crippen molar-refractivity contribution in [3.8, 4) is 6.07 Å². The van der Waals surface area contributed by atoms with E-state index < -0.39 is 5.54 Å². The minimum atomic E-state index is -0.803. The van der Waals surface area contributed by atoms with Gasteiger partial charge in [0.05, 0.1) is 12.6 Å². The summed E-state index contributed by atoms with van der Waals surface area (Å²) in [5.74, 6) is -0.0249. The van der Waals surface area contributed by atoms with Crippen LogP contribution in [0.25, 0.3) is 0 Å². The van der Waals surface area contributed by atoms with E-state index in [-0.39, 0.29) is 23.3 Å². The van der Waals surface area contributed by atoms with E-state index in [0.29, 0.717) is 6.54 Å². The fourth-order valence-electron chi connectivity index (χ4n) is 1.66. The van der Waals surface area contributed by atoms with Crippen molar-refractivity contribution < 1.29 is 4.79 Å². The van der Waals surface area contributed by atoms with Crippen LogP contribution in [0.1, 0.15) is 48.5 Å². The zero-order chi connectivity index (χ0) is 15.4. The molecule has 0 aromatic rings. The van der Waals surface area contributed by atoms with E-state index in [4.69, 9.17) is 0 Å². The molecule has 0 aliphatic heterocycles. The van der Waals surface area contributed by atoms with E-state index in [2.05, 4.69) is 39.1 Å². The van der Waals surface area contributed by atoms with Crippen LogP contribution in [-0.4, -0.2) is 36.0 Å². The number of nitrogens with zero attached hydrogens (tertiary/aromatic N) is 2. The van der Waals surface area contributed by atoms with Crippen LogP contribution in [0.4, 0.5) is 0 Å². The summed E-state index contributed by atoms with van der Waals surface area (Å²) in [7, 11) is 1.94. The fraction of sp³-hybridized carbons (Fsp3) is 0.867. The molecule has 0 saturated carbocycles. The molecule has 0 aromatic heterocycles. The van der Waals surface area contributed by atoms with Crippen molar-refractivity contribution in [2.24, 2.45) is 11.3 Å². The van der Waals surface area contributed by atoms with Crippen LogP contribution in [0, 0.1) is 22.7 Å². The lowest BCUT2D eigenvalue weighted by molar-refractivity contribution is -0.124. The summed E-state index contributed by atoms with van der Waals surface area (Å²) >= 11 is 0. The average molecular weight is 267 g/mol. The Labute approximate surface area is 118 Å². The van der Waals surface area contributed by atoms with Crippen LogP contribution in [0.3, 0.4) is 0 Å². The van der Waals surface area contributed by atoms with Gasteiger partial charge in [-0.3, -0.25) is 9.69 Å². The number of nitrogens with one attached hydrogen (secondary N) is 1. The lowest BCUT2D eigenvalue weighted by Crippen LogP contribution is -2.53. The van der Waals surface area contributed by atoms with Gasteiger partial charge in [-0.05, 0) is 32.2 Å². The van der Waals surface area contributed by atoms with Crippen molar-refractivity contribution in [2.75, 3.05) is 13.6 Å². The molecule has 4 heteroatoms. The molecule has 2 atom stereocenters. The van der Waals surface area contributed by atoms with Gasteiger partial charge in [0, 0.05) is 6.04 Å². The van der Waals surface area contributed by atoms with Crippen LogP contribution >= 0.6 is 0 Å². The fourth-order valence-corrected chi connectivity index (χ4v) is 1.66. The van der Waals surface area contributed by atoms with E-state index >= 15 is 0 Å². The van der Waals surface area contributed by atoms with E-state index in [1.54, 1.807) is 6.92 Å². The first-order chi connectivity index (χ1) is 8.44. The standard InChI is InChI=1S/C15H29N3O/c1-11(2)15(7,10-16)17-13(19)9-18(8)12(3)14(4,5)6/h11-12H,9H2,1-8H3,(H,17,19)/t12-,15-/m1/s1. The van der Waals surface area contributed by atoms with Crippen molar-refractivity contribution >= 4 is 5.91 Å². The van der Waals surface area contributed by atoms with Crippen LogP contribution < -0.4 is 5.32 Å². The number of hydrogen-bond donors (Lipinski definition) is 1. The molecule has 4 nitrogen and oxygen atoms in total. The van der Waals surface area contributed by atoms with E-state index in [1.165, 1.54) is 0 Å². The van der Waals surface area contributed by atoms with Crippen LogP contribution in [0.2, 0.25) is 0 Å². The van der Waals surface area contributed by atoms with Gasteiger partial charge in [-0.25, -0.2) is 0 Å². The maximum absolute atomic E-state index is 12.1. The number of carbonyl (C=O) groups excluding carboxylic acids is 1. The Kier molecular flexibility index (Phi) is 6.02. The zero-order valence-corrected chi connectivity index (χ0v) is 13.7. The first-order valence-electron chi connectivity index (χ1n) is 6.86. The molecule has 0 spiro atoms. The summed E-state index contributed by atoms with van der Waals surface area (Å²) in [6, 6.07) is 2.47. The Morgan fingerprint density at radius 2 is 1.74 bits per heavy atom. The van der Waals surface area contributed by atoms with Gasteiger partial charge in [-0.2, -0.15) is 5.26 Å². The van der Waals surface area contributed by atoms with Gasteiger partial charge in [-0.15, -0.1) is 0 Å². The summed E-state index contributed by atoms with van der Waals surface area (Å²) in [5, 5.41) is 12.0. The minimum Gasteiger partial charge on any atom is -0.337 e. The molecule has 0 rings (SSSR count). The van der Waals surface area contributed by atoms with E-state index in [1.807, 2.05) is 25.8 Å². The van der Waals surface area contributed by atoms with Crippen molar-refractivity contribution in [3.63, 3.8) is 0 Å². The second-order valence-corrected chi connectivity index (χ2v) is 6.97. The third-order valence-electron chi connectivity index (χ3n) is 4.09. The van der Waals surface area contributed by atoms with Gasteiger partial charge in [0.1, 0.15) is 5.54 Å². The molecule has 0 radical (unpaired) electrons. The lowest BCUT2D eigenvalue weighted by Gasteiger charge is -2.36. The highest BCUT2D eigenvalue weighted by molar-refractivity contribution is 5.79. The maximum Gasteiger partial charge on any atom is 0.235 e. The molecule has 0 fully saturated rings. The van der Waals surface area contributed by atoms with Gasteiger partial charge in [0.2, 0.25) is 5.91 Å². The first kappa shape index (κ1) is 17.9. The molecule has 0 unspecified atom stereocenters. The Morgan fingerprint density at radius 1 is 1.26 bits per heavy atom. The second-order valence-electron chi connectivity index (χ2n) is 6.97. The highest BCUT2D eigenvalue weighted by Crippen LogP contribution is 2.22. The second kappa shape index (κ2) is 6.38. The normalized spacial score (nSPS) is 16.9. The highest BCUT2D eigenvalue weighted by Gasteiger charge is 2.31. The summed E-state index contributed by atoms with van der Waals surface area (Å²) in [6.07, 6.45) is 0. The Balaban J connectivity index is 4.61. The van der Waals surface area contributed by atoms with Gasteiger partial charge >= 0.3 is 0 Å². The largest absolute Gasteiger partial charge is 0.337 e. The third kappa shape index (κ3) is 5.20. The Morgan fingerprint density at radius 3 is 2.05 bits per heavy atom. The Hall–Kier alpha value is -1.08. The van der Waals surface area contributed by atoms with Crippen LogP contribution in [0.5, 0.6) is 0 Å². The molecule has 0 aliphatic rings. The average Bonchev–Trinajstić information content (AvgIpc) is 2.25. The van der Waals surface area contributed by atoms with Gasteiger partial charge in [0.15, 0.2) is 0 Å². The molecule has 1 N–H and O–H groups in total. The number of amides is 1. The van der Waals surface area contributed by atoms with Crippen molar-refractivity contribution in [1.82, 2.24) is 10.2 Å². The maximum atomic E-state index is 12.1. The van der Waals surface area contributed by atoms with Crippen LogP contribution in [-0.2, 0) is 4.79 Å². The van der Waals surface area contributed by atoms with Gasteiger partial charge in [-0.1, -0.05) is 34.6 Å². The van der Waals surface area contributed by atoms with Crippen molar-refractivity contribution in [3.05, 3.63) is 0 Å². The quantitative estimate of drug-likeness (QED) is 0.832. The number of likely N-dealkylation sites (N-methyl/N-ethyl adjacent to an activating group) is 1. The molecular formula is C15H29N3O. The summed E-state index contributed by atoms with van der Waals surface area (Å²) in [4.78, 5) is 14.1. The minimum absolute atomic E-state index is 0.0757. The zero-order valence-electron chi connectivity index (χ0n) is 13.7. The third-order valence-corrected chi connectivity index (χ3v) is 4.09. The molecule has 0 bridgehead atoms. The molecule has 0 heterocycles. The topological polar surface area (TPSA) is 56.1 Å². The number of carbonyl (C=O) groups is 1. The monoisotopic (exact) mass is 267 g/mol. The smallest absolute Gasteiger partial charge is 0.235 e. The molecule has 110 valence electrons. The molecule has 0 saturated heterocycles. The lowest BCUT2D eigenvalue weighted by atomic mass is 9.87. The van der Waals surface area contributed by atoms with E-state index in [9.17, 15) is 10.1 Å². The summed E-state index contributed by atoms with van der Waals surface area (Å²) in [6.45, 7) is 14.5. The predicted molar refractivity (Wildman–Crippen MR) is 78.5 cm³/mol. The highest BCUT2D eigenvalue weighted by atomic mass is 16.2. The number of nitriles is 1. The SMILES string of the molecule is CC(C)[C@@](C)(C#N)NC(=O)CN(C)[C@H](C)C(C)(C)C. The summed E-state index contributed by atoms with van der Waals surface area (Å²) < 4.78 is 0. The van der Waals surface area contributed by atoms with Crippen LogP contribution in [0.15, 0.2) is 0 Å². The van der Waals surface area contributed by atoms with Crippen molar-refractivity contribution in [1.29, 1.82) is 5.26 Å². The predicted octanol–water partition coefficient (Wildman–Crippen LogP) is 2.41. The molecular weight excluding hydrogens is 238 g/mol. The number of rotatable bonds is 5. The summed E-state index contributed by atoms with van der Waals surface area (Å²) in [5.41, 5.74) is -0.686. The molecule has 19 heavy (non-hydrogen) atoms.